The van der Waals surface area contributed by atoms with E-state index in [2.05, 4.69) is 5.16 Å². The first kappa shape index (κ1) is 22.8. The molecule has 172 valence electrons. The van der Waals surface area contributed by atoms with E-state index in [1.807, 2.05) is 72.5 Å². The van der Waals surface area contributed by atoms with E-state index in [0.29, 0.717) is 38.1 Å². The SMILES string of the molecule is Cc1cccc(CC(=O)N2CCCC(Cc3cc(-c4ccccc4)no3)(C(=O)N(C)C)C2)c1. The largest absolute Gasteiger partial charge is 0.361 e. The molecule has 6 nitrogen and oxygen atoms in total. The van der Waals surface area contributed by atoms with Gasteiger partial charge in [-0.1, -0.05) is 65.3 Å². The molecule has 1 aliphatic rings. The van der Waals surface area contributed by atoms with Crippen LogP contribution in [-0.2, 0) is 22.4 Å². The predicted octanol–water partition coefficient (Wildman–Crippen LogP) is 4.13. The Hall–Kier alpha value is -3.41. The highest BCUT2D eigenvalue weighted by atomic mass is 16.5. The van der Waals surface area contributed by atoms with E-state index in [4.69, 9.17) is 4.52 Å². The highest BCUT2D eigenvalue weighted by molar-refractivity contribution is 5.85. The average molecular weight is 446 g/mol. The van der Waals surface area contributed by atoms with Crippen LogP contribution in [0.1, 0.15) is 29.7 Å². The molecule has 1 aromatic heterocycles. The lowest BCUT2D eigenvalue weighted by Crippen LogP contribution is -2.54. The van der Waals surface area contributed by atoms with Crippen LogP contribution < -0.4 is 0 Å². The van der Waals surface area contributed by atoms with Crippen molar-refractivity contribution in [3.8, 4) is 11.3 Å². The molecule has 0 aliphatic carbocycles. The Morgan fingerprint density at radius 3 is 2.61 bits per heavy atom. The molecule has 1 aliphatic heterocycles. The second kappa shape index (κ2) is 9.61. The minimum Gasteiger partial charge on any atom is -0.361 e. The third kappa shape index (κ3) is 5.16. The van der Waals surface area contributed by atoms with E-state index < -0.39 is 5.41 Å². The van der Waals surface area contributed by atoms with Crippen LogP contribution in [0.5, 0.6) is 0 Å². The van der Waals surface area contributed by atoms with E-state index in [0.717, 1.165) is 28.8 Å². The lowest BCUT2D eigenvalue weighted by molar-refractivity contribution is -0.147. The molecule has 4 rings (SSSR count). The number of rotatable bonds is 6. The second-order valence-corrected chi connectivity index (χ2v) is 9.29. The average Bonchev–Trinajstić information content (AvgIpc) is 3.27. The summed E-state index contributed by atoms with van der Waals surface area (Å²) in [4.78, 5) is 30.0. The maximum absolute atomic E-state index is 13.4. The summed E-state index contributed by atoms with van der Waals surface area (Å²) < 4.78 is 5.66. The number of aryl methyl sites for hydroxylation is 1. The molecule has 0 spiro atoms. The van der Waals surface area contributed by atoms with E-state index in [1.165, 1.54) is 0 Å². The molecule has 0 bridgehead atoms. The Kier molecular flexibility index (Phi) is 6.63. The summed E-state index contributed by atoms with van der Waals surface area (Å²) in [6.07, 6.45) is 2.24. The summed E-state index contributed by atoms with van der Waals surface area (Å²) in [6, 6.07) is 19.8. The van der Waals surface area contributed by atoms with Crippen LogP contribution in [0.25, 0.3) is 11.3 Å². The van der Waals surface area contributed by atoms with Gasteiger partial charge in [0.15, 0.2) is 0 Å². The van der Waals surface area contributed by atoms with E-state index >= 15 is 0 Å². The van der Waals surface area contributed by atoms with Crippen LogP contribution in [0.4, 0.5) is 0 Å². The lowest BCUT2D eigenvalue weighted by Gasteiger charge is -2.42. The number of nitrogens with zero attached hydrogens (tertiary/aromatic N) is 3. The van der Waals surface area contributed by atoms with Gasteiger partial charge in [0.25, 0.3) is 0 Å². The molecule has 2 heterocycles. The minimum atomic E-state index is -0.725. The van der Waals surface area contributed by atoms with Crippen LogP contribution >= 0.6 is 0 Å². The molecule has 3 aromatic rings. The van der Waals surface area contributed by atoms with Gasteiger partial charge in [-0.3, -0.25) is 9.59 Å². The molecule has 0 N–H and O–H groups in total. The van der Waals surface area contributed by atoms with Crippen molar-refractivity contribution in [2.24, 2.45) is 5.41 Å². The molecule has 1 saturated heterocycles. The normalized spacial score (nSPS) is 18.2. The fourth-order valence-electron chi connectivity index (χ4n) is 4.80. The molecule has 0 radical (unpaired) electrons. The number of likely N-dealkylation sites (tertiary alicyclic amines) is 1. The quantitative estimate of drug-likeness (QED) is 0.572. The highest BCUT2D eigenvalue weighted by Crippen LogP contribution is 2.36. The first-order valence-electron chi connectivity index (χ1n) is 11.4. The summed E-state index contributed by atoms with van der Waals surface area (Å²) >= 11 is 0. The molecule has 1 unspecified atom stereocenters. The molecule has 2 aromatic carbocycles. The maximum atomic E-state index is 13.4. The summed E-state index contributed by atoms with van der Waals surface area (Å²) in [5, 5.41) is 4.22. The molecule has 2 amide bonds. The zero-order valence-electron chi connectivity index (χ0n) is 19.6. The van der Waals surface area contributed by atoms with Crippen molar-refractivity contribution in [2.75, 3.05) is 27.2 Å². The van der Waals surface area contributed by atoms with Crippen molar-refractivity contribution < 1.29 is 14.1 Å². The van der Waals surface area contributed by atoms with Gasteiger partial charge in [0.05, 0.1) is 11.8 Å². The summed E-state index contributed by atoms with van der Waals surface area (Å²) in [5.41, 5.74) is 3.13. The van der Waals surface area contributed by atoms with Crippen LogP contribution in [-0.4, -0.2) is 54.0 Å². The number of hydrogen-bond donors (Lipinski definition) is 0. The maximum Gasteiger partial charge on any atom is 0.230 e. The summed E-state index contributed by atoms with van der Waals surface area (Å²) in [6.45, 7) is 3.07. The number of carbonyl (C=O) groups excluding carboxylic acids is 2. The Morgan fingerprint density at radius 2 is 1.88 bits per heavy atom. The van der Waals surface area contributed by atoms with Crippen molar-refractivity contribution in [3.05, 3.63) is 77.6 Å². The predicted molar refractivity (Wildman–Crippen MR) is 127 cm³/mol. The van der Waals surface area contributed by atoms with Crippen LogP contribution in [0, 0.1) is 12.3 Å². The monoisotopic (exact) mass is 445 g/mol. The van der Waals surface area contributed by atoms with Gasteiger partial charge in [-0.05, 0) is 25.3 Å². The Morgan fingerprint density at radius 1 is 1.09 bits per heavy atom. The standard InChI is InChI=1S/C27H31N3O3/c1-20-9-7-10-21(15-20)16-25(31)30-14-8-13-27(19-30,26(32)29(2)3)18-23-17-24(28-33-23)22-11-5-4-6-12-22/h4-7,9-12,15,17H,8,13-14,16,18-19H2,1-3H3. The third-order valence-corrected chi connectivity index (χ3v) is 6.37. The minimum absolute atomic E-state index is 0.0215. The summed E-state index contributed by atoms with van der Waals surface area (Å²) in [7, 11) is 3.54. The lowest BCUT2D eigenvalue weighted by atomic mass is 9.75. The second-order valence-electron chi connectivity index (χ2n) is 9.29. The first-order valence-corrected chi connectivity index (χ1v) is 11.4. The van der Waals surface area contributed by atoms with Gasteiger partial charge in [0.2, 0.25) is 11.8 Å². The van der Waals surface area contributed by atoms with Crippen LogP contribution in [0.3, 0.4) is 0 Å². The Bertz CT molecular complexity index is 1120. The van der Waals surface area contributed by atoms with Gasteiger partial charge < -0.3 is 14.3 Å². The fraction of sp³-hybridized carbons (Fsp3) is 0.370. The van der Waals surface area contributed by atoms with Crippen molar-refractivity contribution >= 4 is 11.8 Å². The number of piperidine rings is 1. The van der Waals surface area contributed by atoms with Gasteiger partial charge >= 0.3 is 0 Å². The fourth-order valence-corrected chi connectivity index (χ4v) is 4.80. The molecular weight excluding hydrogens is 414 g/mol. The van der Waals surface area contributed by atoms with Gasteiger partial charge in [0.1, 0.15) is 11.5 Å². The van der Waals surface area contributed by atoms with Crippen molar-refractivity contribution in [2.45, 2.75) is 32.6 Å². The molecular formula is C27H31N3O3. The van der Waals surface area contributed by atoms with Crippen LogP contribution in [0.15, 0.2) is 65.2 Å². The van der Waals surface area contributed by atoms with E-state index in [9.17, 15) is 9.59 Å². The molecule has 1 fully saturated rings. The van der Waals surface area contributed by atoms with Crippen molar-refractivity contribution in [3.63, 3.8) is 0 Å². The van der Waals surface area contributed by atoms with Crippen LogP contribution in [0.2, 0.25) is 0 Å². The van der Waals surface area contributed by atoms with Gasteiger partial charge in [-0.25, -0.2) is 0 Å². The highest BCUT2D eigenvalue weighted by Gasteiger charge is 2.45. The molecule has 6 heteroatoms. The smallest absolute Gasteiger partial charge is 0.230 e. The van der Waals surface area contributed by atoms with Gasteiger partial charge in [0, 0.05) is 45.2 Å². The number of amides is 2. The van der Waals surface area contributed by atoms with E-state index in [1.54, 1.807) is 19.0 Å². The van der Waals surface area contributed by atoms with Gasteiger partial charge in [-0.15, -0.1) is 0 Å². The zero-order chi connectivity index (χ0) is 23.4. The Balaban J connectivity index is 1.55. The van der Waals surface area contributed by atoms with Gasteiger partial charge in [-0.2, -0.15) is 0 Å². The molecule has 33 heavy (non-hydrogen) atoms. The Labute approximate surface area is 195 Å². The molecule has 1 atom stereocenters. The number of benzene rings is 2. The topological polar surface area (TPSA) is 66.7 Å². The van der Waals surface area contributed by atoms with Crippen molar-refractivity contribution in [1.29, 1.82) is 0 Å². The third-order valence-electron chi connectivity index (χ3n) is 6.37. The van der Waals surface area contributed by atoms with Crippen molar-refractivity contribution in [1.82, 2.24) is 15.0 Å². The zero-order valence-corrected chi connectivity index (χ0v) is 19.6. The first-order chi connectivity index (χ1) is 15.9. The number of aromatic nitrogens is 1. The van der Waals surface area contributed by atoms with E-state index in [-0.39, 0.29) is 11.8 Å². The summed E-state index contributed by atoms with van der Waals surface area (Å²) in [5.74, 6) is 0.740. The molecule has 0 saturated carbocycles. The number of carbonyl (C=O) groups is 2. The number of hydrogen-bond acceptors (Lipinski definition) is 4.